The average Bonchev–Trinajstić information content (AvgIpc) is 2.80. The molecule has 0 saturated heterocycles. The Morgan fingerprint density at radius 3 is 2.44 bits per heavy atom. The van der Waals surface area contributed by atoms with Crippen molar-refractivity contribution in [2.24, 2.45) is 5.73 Å². The van der Waals surface area contributed by atoms with E-state index in [9.17, 15) is 13.0 Å². The molecule has 3 nitrogen and oxygen atoms in total. The van der Waals surface area contributed by atoms with Gasteiger partial charge >= 0.3 is 0 Å². The van der Waals surface area contributed by atoms with Gasteiger partial charge < -0.3 is 10.2 Å². The van der Waals surface area contributed by atoms with Gasteiger partial charge in [0, 0.05) is 4.90 Å². The van der Waals surface area contributed by atoms with Crippen LogP contribution >= 0.6 is 0 Å². The fourth-order valence-electron chi connectivity index (χ4n) is 1.44. The Morgan fingerprint density at radius 1 is 1.11 bits per heavy atom. The number of nitrogens with two attached hydrogens (primary N) is 1. The molecule has 1 aromatic heterocycles. The summed E-state index contributed by atoms with van der Waals surface area (Å²) >= 11 is 0. The van der Waals surface area contributed by atoms with Gasteiger partial charge in [-0.05, 0) is 30.3 Å². The van der Waals surface area contributed by atoms with Crippen molar-refractivity contribution in [1.29, 1.82) is 0 Å². The zero-order chi connectivity index (χ0) is 13.1. The number of furan rings is 1. The van der Waals surface area contributed by atoms with E-state index in [1.165, 1.54) is 6.07 Å². The summed E-state index contributed by atoms with van der Waals surface area (Å²) in [4.78, 5) is 0.222. The maximum absolute atomic E-state index is 13.0. The van der Waals surface area contributed by atoms with Gasteiger partial charge in [-0.1, -0.05) is 0 Å². The summed E-state index contributed by atoms with van der Waals surface area (Å²) in [5, 5.41) is 0. The molecule has 1 aromatic carbocycles. The lowest BCUT2D eigenvalue weighted by atomic mass is 10.3. The molecule has 0 bridgehead atoms. The molecular formula is C12H11F2NO2S. The Hall–Kier alpha value is -1.53. The second kappa shape index (κ2) is 5.41. The van der Waals surface area contributed by atoms with Gasteiger partial charge in [-0.3, -0.25) is 4.21 Å². The molecule has 0 spiro atoms. The Kier molecular flexibility index (Phi) is 3.88. The van der Waals surface area contributed by atoms with Crippen molar-refractivity contribution in [2.75, 3.05) is 0 Å². The normalized spacial score (nSPS) is 12.6. The van der Waals surface area contributed by atoms with Crippen molar-refractivity contribution in [3.8, 4) is 0 Å². The van der Waals surface area contributed by atoms with Crippen molar-refractivity contribution in [3.63, 3.8) is 0 Å². The van der Waals surface area contributed by atoms with Crippen LogP contribution in [0.25, 0.3) is 0 Å². The second-order valence-electron chi connectivity index (χ2n) is 3.64. The van der Waals surface area contributed by atoms with Crippen LogP contribution in [0.1, 0.15) is 11.5 Å². The third-order valence-electron chi connectivity index (χ3n) is 2.35. The van der Waals surface area contributed by atoms with E-state index in [4.69, 9.17) is 10.2 Å². The molecule has 0 radical (unpaired) electrons. The Bertz CT molecular complexity index is 583. The highest BCUT2D eigenvalue weighted by Crippen LogP contribution is 2.17. The molecule has 0 saturated carbocycles. The second-order valence-corrected chi connectivity index (χ2v) is 5.09. The molecule has 0 aliphatic carbocycles. The van der Waals surface area contributed by atoms with Crippen LogP contribution in [0.15, 0.2) is 39.6 Å². The van der Waals surface area contributed by atoms with E-state index in [-0.39, 0.29) is 17.2 Å². The Morgan fingerprint density at radius 2 is 1.83 bits per heavy atom. The maximum Gasteiger partial charge on any atom is 0.160 e. The summed E-state index contributed by atoms with van der Waals surface area (Å²) in [5.74, 6) is -0.779. The van der Waals surface area contributed by atoms with Crippen LogP contribution in [0.5, 0.6) is 0 Å². The Balaban J connectivity index is 2.14. The first-order chi connectivity index (χ1) is 8.60. The molecule has 2 aromatic rings. The minimum absolute atomic E-state index is 0.102. The molecule has 0 aliphatic rings. The van der Waals surface area contributed by atoms with Crippen molar-refractivity contribution in [3.05, 3.63) is 53.5 Å². The summed E-state index contributed by atoms with van der Waals surface area (Å²) in [5.41, 5.74) is 5.38. The predicted octanol–water partition coefficient (Wildman–Crippen LogP) is 2.32. The number of hydrogen-bond donors (Lipinski definition) is 1. The molecule has 1 atom stereocenters. The third-order valence-corrected chi connectivity index (χ3v) is 3.67. The zero-order valence-electron chi connectivity index (χ0n) is 9.36. The highest BCUT2D eigenvalue weighted by atomic mass is 32.2. The van der Waals surface area contributed by atoms with E-state index in [0.29, 0.717) is 11.5 Å². The maximum atomic E-state index is 13.0. The van der Waals surface area contributed by atoms with Crippen molar-refractivity contribution < 1.29 is 17.4 Å². The van der Waals surface area contributed by atoms with Crippen LogP contribution in [0.4, 0.5) is 8.78 Å². The van der Waals surface area contributed by atoms with Gasteiger partial charge in [-0.2, -0.15) is 0 Å². The monoisotopic (exact) mass is 271 g/mol. The zero-order valence-corrected chi connectivity index (χ0v) is 10.2. The standard InChI is InChI=1S/C12H11F2NO2S/c13-11-4-3-10(5-12(11)14)18(16)7-9-2-1-8(6-15)17-9/h1-5H,6-7,15H2. The number of halogens is 2. The van der Waals surface area contributed by atoms with Gasteiger partial charge in [0.1, 0.15) is 11.5 Å². The van der Waals surface area contributed by atoms with Gasteiger partial charge in [-0.15, -0.1) is 0 Å². The molecule has 0 fully saturated rings. The smallest absolute Gasteiger partial charge is 0.160 e. The van der Waals surface area contributed by atoms with Crippen molar-refractivity contribution >= 4 is 10.8 Å². The summed E-state index contributed by atoms with van der Waals surface area (Å²) < 4.78 is 42.9. The highest BCUT2D eigenvalue weighted by Gasteiger charge is 2.11. The molecule has 6 heteroatoms. The van der Waals surface area contributed by atoms with Crippen LogP contribution in [0.3, 0.4) is 0 Å². The SMILES string of the molecule is NCc1ccc(CS(=O)c2ccc(F)c(F)c2)o1. The Labute approximate surface area is 105 Å². The largest absolute Gasteiger partial charge is 0.464 e. The van der Waals surface area contributed by atoms with Gasteiger partial charge in [0.05, 0.1) is 23.1 Å². The minimum atomic E-state index is -1.48. The van der Waals surface area contributed by atoms with E-state index in [2.05, 4.69) is 0 Å². The molecule has 2 rings (SSSR count). The molecule has 1 unspecified atom stereocenters. The lowest BCUT2D eigenvalue weighted by Crippen LogP contribution is -1.97. The molecular weight excluding hydrogens is 260 g/mol. The molecule has 0 amide bonds. The van der Waals surface area contributed by atoms with Crippen LogP contribution < -0.4 is 5.73 Å². The number of benzene rings is 1. The lowest BCUT2D eigenvalue weighted by molar-refractivity contribution is 0.480. The fraction of sp³-hybridized carbons (Fsp3) is 0.167. The summed E-state index contributed by atoms with van der Waals surface area (Å²) in [6.45, 7) is 0.262. The summed E-state index contributed by atoms with van der Waals surface area (Å²) in [7, 11) is -1.48. The van der Waals surface area contributed by atoms with Crippen LogP contribution in [0.2, 0.25) is 0 Å². The van der Waals surface area contributed by atoms with Gasteiger partial charge in [-0.25, -0.2) is 8.78 Å². The topological polar surface area (TPSA) is 56.2 Å². The van der Waals surface area contributed by atoms with Crippen LogP contribution in [-0.4, -0.2) is 4.21 Å². The van der Waals surface area contributed by atoms with Gasteiger partial charge in [0.15, 0.2) is 11.6 Å². The van der Waals surface area contributed by atoms with Crippen molar-refractivity contribution in [2.45, 2.75) is 17.2 Å². The van der Waals surface area contributed by atoms with Crippen LogP contribution in [-0.2, 0) is 23.1 Å². The summed E-state index contributed by atoms with van der Waals surface area (Å²) in [6, 6.07) is 6.54. The quantitative estimate of drug-likeness (QED) is 0.928. The molecule has 0 aliphatic heterocycles. The van der Waals surface area contributed by atoms with E-state index in [0.717, 1.165) is 12.1 Å². The first-order valence-corrected chi connectivity index (χ1v) is 6.53. The average molecular weight is 271 g/mol. The molecule has 18 heavy (non-hydrogen) atoms. The van der Waals surface area contributed by atoms with Gasteiger partial charge in [0.25, 0.3) is 0 Å². The van der Waals surface area contributed by atoms with E-state index in [1.807, 2.05) is 0 Å². The van der Waals surface area contributed by atoms with Gasteiger partial charge in [0.2, 0.25) is 0 Å². The number of hydrogen-bond acceptors (Lipinski definition) is 3. The van der Waals surface area contributed by atoms with Crippen LogP contribution in [0, 0.1) is 11.6 Å². The van der Waals surface area contributed by atoms with E-state index in [1.54, 1.807) is 12.1 Å². The first-order valence-electron chi connectivity index (χ1n) is 5.21. The third kappa shape index (κ3) is 2.83. The van der Waals surface area contributed by atoms with E-state index < -0.39 is 22.4 Å². The molecule has 1 heterocycles. The van der Waals surface area contributed by atoms with E-state index >= 15 is 0 Å². The first kappa shape index (κ1) is 12.9. The summed E-state index contributed by atoms with van der Waals surface area (Å²) in [6.07, 6.45) is 0. The number of rotatable bonds is 4. The lowest BCUT2D eigenvalue weighted by Gasteiger charge is -2.01. The molecule has 2 N–H and O–H groups in total. The molecule has 96 valence electrons. The highest BCUT2D eigenvalue weighted by molar-refractivity contribution is 7.84. The van der Waals surface area contributed by atoms with Crippen molar-refractivity contribution in [1.82, 2.24) is 0 Å². The minimum Gasteiger partial charge on any atom is -0.464 e. The fourth-order valence-corrected chi connectivity index (χ4v) is 2.48. The predicted molar refractivity (Wildman–Crippen MR) is 63.1 cm³/mol.